The number of ether oxygens (including phenoxy) is 1. The highest BCUT2D eigenvalue weighted by Gasteiger charge is 2.22. The molecule has 0 spiro atoms. The Morgan fingerprint density at radius 3 is 2.50 bits per heavy atom. The lowest BCUT2D eigenvalue weighted by Gasteiger charge is -2.31. The second-order valence-electron chi connectivity index (χ2n) is 7.15. The highest BCUT2D eigenvalue weighted by molar-refractivity contribution is 5.56. The highest BCUT2D eigenvalue weighted by atomic mass is 16.5. The molecule has 0 radical (unpaired) electrons. The molecule has 28 heavy (non-hydrogen) atoms. The maximum atomic E-state index is 12.2. The van der Waals surface area contributed by atoms with Gasteiger partial charge in [-0.2, -0.15) is 0 Å². The Kier molecular flexibility index (Phi) is 5.48. The normalized spacial score (nSPS) is 15.5. The maximum Gasteiger partial charge on any atom is 0.251 e. The topological polar surface area (TPSA) is 71.1 Å². The zero-order valence-electron chi connectivity index (χ0n) is 16.0. The second kappa shape index (κ2) is 8.35. The van der Waals surface area contributed by atoms with Crippen molar-refractivity contribution in [1.82, 2.24) is 19.9 Å². The monoisotopic (exact) mass is 376 g/mol. The number of nitrogens with zero attached hydrogens (tertiary/aromatic N) is 3. The molecule has 3 heterocycles. The van der Waals surface area contributed by atoms with Gasteiger partial charge in [0, 0.05) is 36.5 Å². The molecular weight excluding hydrogens is 352 g/mol. The maximum absolute atomic E-state index is 12.2. The molecule has 0 unspecified atom stereocenters. The van der Waals surface area contributed by atoms with Crippen LogP contribution in [0.4, 0.5) is 0 Å². The first-order chi connectivity index (χ1) is 13.7. The molecule has 1 saturated heterocycles. The summed E-state index contributed by atoms with van der Waals surface area (Å²) in [5, 5.41) is 0. The van der Waals surface area contributed by atoms with E-state index in [9.17, 15) is 4.79 Å². The fourth-order valence-electron chi connectivity index (χ4n) is 3.70. The average Bonchev–Trinajstić information content (AvgIpc) is 2.75. The smallest absolute Gasteiger partial charge is 0.251 e. The standard InChI is InChI=1S/C22H24N4O2/c1-28-19-4-2-18(3-5-19)22-24-20(14-21(27)25-22)17-8-12-26(13-9-17)15-16-6-10-23-11-7-16/h2-7,10-11,14,17H,8-9,12-13,15H2,1H3,(H,24,25,27). The number of aromatic nitrogens is 3. The summed E-state index contributed by atoms with van der Waals surface area (Å²) in [6.45, 7) is 2.94. The fraction of sp³-hybridized carbons (Fsp3) is 0.318. The van der Waals surface area contributed by atoms with E-state index in [0.717, 1.165) is 49.5 Å². The van der Waals surface area contributed by atoms with Crippen molar-refractivity contribution in [2.24, 2.45) is 0 Å². The Morgan fingerprint density at radius 1 is 1.11 bits per heavy atom. The predicted octanol–water partition coefficient (Wildman–Crippen LogP) is 3.22. The predicted molar refractivity (Wildman–Crippen MR) is 108 cm³/mol. The molecule has 4 rings (SSSR count). The van der Waals surface area contributed by atoms with Gasteiger partial charge in [0.15, 0.2) is 0 Å². The van der Waals surface area contributed by atoms with Crippen LogP contribution in [0.15, 0.2) is 59.7 Å². The van der Waals surface area contributed by atoms with Gasteiger partial charge in [0.1, 0.15) is 11.6 Å². The van der Waals surface area contributed by atoms with Crippen molar-refractivity contribution in [3.05, 3.63) is 76.5 Å². The van der Waals surface area contributed by atoms with Crippen LogP contribution in [0.2, 0.25) is 0 Å². The van der Waals surface area contributed by atoms with Crippen LogP contribution >= 0.6 is 0 Å². The van der Waals surface area contributed by atoms with E-state index in [1.54, 1.807) is 13.2 Å². The molecule has 1 aliphatic rings. The number of methoxy groups -OCH3 is 1. The van der Waals surface area contributed by atoms with Crippen LogP contribution in [-0.2, 0) is 6.54 Å². The van der Waals surface area contributed by atoms with Gasteiger partial charge in [0.05, 0.1) is 12.8 Å². The fourth-order valence-corrected chi connectivity index (χ4v) is 3.70. The minimum absolute atomic E-state index is 0.102. The van der Waals surface area contributed by atoms with Crippen LogP contribution < -0.4 is 10.3 Å². The highest BCUT2D eigenvalue weighted by Crippen LogP contribution is 2.28. The third kappa shape index (κ3) is 4.28. The van der Waals surface area contributed by atoms with Crippen molar-refractivity contribution in [2.75, 3.05) is 20.2 Å². The van der Waals surface area contributed by atoms with E-state index in [2.05, 4.69) is 27.0 Å². The van der Waals surface area contributed by atoms with Crippen LogP contribution in [0.1, 0.15) is 30.0 Å². The zero-order chi connectivity index (χ0) is 19.3. The third-order valence-electron chi connectivity index (χ3n) is 5.29. The number of benzene rings is 1. The number of nitrogens with one attached hydrogen (secondary N) is 1. The molecule has 6 nitrogen and oxygen atoms in total. The molecular formula is C22H24N4O2. The van der Waals surface area contributed by atoms with E-state index in [1.165, 1.54) is 5.56 Å². The van der Waals surface area contributed by atoms with Gasteiger partial charge in [-0.05, 0) is 67.9 Å². The molecule has 1 N–H and O–H groups in total. The van der Waals surface area contributed by atoms with Gasteiger partial charge in [0.25, 0.3) is 5.56 Å². The Morgan fingerprint density at radius 2 is 1.82 bits per heavy atom. The number of hydrogen-bond donors (Lipinski definition) is 1. The van der Waals surface area contributed by atoms with E-state index in [-0.39, 0.29) is 5.56 Å². The van der Waals surface area contributed by atoms with Crippen LogP contribution in [0.5, 0.6) is 5.75 Å². The summed E-state index contributed by atoms with van der Waals surface area (Å²) >= 11 is 0. The molecule has 144 valence electrons. The number of rotatable bonds is 5. The SMILES string of the molecule is COc1ccc(-c2nc(C3CCN(Cc4ccncc4)CC3)cc(=O)[nH]2)cc1. The third-order valence-corrected chi connectivity index (χ3v) is 5.29. The van der Waals surface area contributed by atoms with E-state index < -0.39 is 0 Å². The Hall–Kier alpha value is -2.99. The lowest BCUT2D eigenvalue weighted by molar-refractivity contribution is 0.203. The summed E-state index contributed by atoms with van der Waals surface area (Å²) in [6, 6.07) is 13.4. The number of pyridine rings is 1. The number of likely N-dealkylation sites (tertiary alicyclic amines) is 1. The van der Waals surface area contributed by atoms with Crippen molar-refractivity contribution in [2.45, 2.75) is 25.3 Å². The number of piperidine rings is 1. The molecule has 1 aliphatic heterocycles. The van der Waals surface area contributed by atoms with Crippen LogP contribution in [-0.4, -0.2) is 40.1 Å². The summed E-state index contributed by atoms with van der Waals surface area (Å²) < 4.78 is 5.20. The molecule has 0 saturated carbocycles. The first-order valence-corrected chi connectivity index (χ1v) is 9.58. The average molecular weight is 376 g/mol. The second-order valence-corrected chi connectivity index (χ2v) is 7.15. The van der Waals surface area contributed by atoms with Crippen LogP contribution in [0.3, 0.4) is 0 Å². The molecule has 6 heteroatoms. The largest absolute Gasteiger partial charge is 0.497 e. The first kappa shape index (κ1) is 18.4. The van der Waals surface area contributed by atoms with E-state index in [0.29, 0.717) is 11.7 Å². The van der Waals surface area contributed by atoms with Gasteiger partial charge < -0.3 is 9.72 Å². The molecule has 0 aliphatic carbocycles. The van der Waals surface area contributed by atoms with Crippen LogP contribution in [0.25, 0.3) is 11.4 Å². The van der Waals surface area contributed by atoms with E-state index in [4.69, 9.17) is 9.72 Å². The minimum atomic E-state index is -0.102. The van der Waals surface area contributed by atoms with Crippen molar-refractivity contribution < 1.29 is 4.74 Å². The molecule has 0 bridgehead atoms. The summed E-state index contributed by atoms with van der Waals surface area (Å²) in [5.74, 6) is 1.71. The molecule has 1 aromatic carbocycles. The van der Waals surface area contributed by atoms with Gasteiger partial charge in [-0.3, -0.25) is 14.7 Å². The summed E-state index contributed by atoms with van der Waals surface area (Å²) in [6.07, 6.45) is 5.68. The Labute approximate surface area is 164 Å². The zero-order valence-corrected chi connectivity index (χ0v) is 16.0. The Bertz CT molecular complexity index is 962. The van der Waals surface area contributed by atoms with Crippen molar-refractivity contribution in [3.8, 4) is 17.1 Å². The minimum Gasteiger partial charge on any atom is -0.497 e. The van der Waals surface area contributed by atoms with Gasteiger partial charge >= 0.3 is 0 Å². The molecule has 0 atom stereocenters. The lowest BCUT2D eigenvalue weighted by Crippen LogP contribution is -2.33. The summed E-state index contributed by atoms with van der Waals surface area (Å²) in [4.78, 5) is 26.4. The summed E-state index contributed by atoms with van der Waals surface area (Å²) in [7, 11) is 1.64. The molecule has 0 amide bonds. The van der Waals surface area contributed by atoms with Crippen LogP contribution in [0, 0.1) is 0 Å². The van der Waals surface area contributed by atoms with Crippen molar-refractivity contribution >= 4 is 0 Å². The Balaban J connectivity index is 1.46. The van der Waals surface area contributed by atoms with Gasteiger partial charge in [-0.1, -0.05) is 0 Å². The molecule has 3 aromatic rings. The first-order valence-electron chi connectivity index (χ1n) is 9.58. The van der Waals surface area contributed by atoms with Gasteiger partial charge in [-0.25, -0.2) is 4.98 Å². The van der Waals surface area contributed by atoms with Crippen molar-refractivity contribution in [3.63, 3.8) is 0 Å². The van der Waals surface area contributed by atoms with Crippen molar-refractivity contribution in [1.29, 1.82) is 0 Å². The van der Waals surface area contributed by atoms with E-state index in [1.807, 2.05) is 36.7 Å². The van der Waals surface area contributed by atoms with Gasteiger partial charge in [-0.15, -0.1) is 0 Å². The number of hydrogen-bond acceptors (Lipinski definition) is 5. The quantitative estimate of drug-likeness (QED) is 0.740. The molecule has 2 aromatic heterocycles. The number of aromatic amines is 1. The number of H-pyrrole nitrogens is 1. The summed E-state index contributed by atoms with van der Waals surface area (Å²) in [5.41, 5.74) is 2.95. The molecule has 1 fully saturated rings. The van der Waals surface area contributed by atoms with E-state index >= 15 is 0 Å². The lowest BCUT2D eigenvalue weighted by atomic mass is 9.93. The van der Waals surface area contributed by atoms with Gasteiger partial charge in [0.2, 0.25) is 0 Å².